The van der Waals surface area contributed by atoms with Crippen LogP contribution in [0.15, 0.2) is 0 Å². The number of imide groups is 1. The van der Waals surface area contributed by atoms with Gasteiger partial charge >= 0.3 is 6.03 Å². The molecule has 0 aromatic carbocycles. The van der Waals surface area contributed by atoms with Crippen molar-refractivity contribution in [2.75, 3.05) is 13.2 Å². The van der Waals surface area contributed by atoms with E-state index in [-0.39, 0.29) is 19.6 Å². The van der Waals surface area contributed by atoms with Crippen molar-refractivity contribution < 1.29 is 29.6 Å². The maximum atomic E-state index is 11.6. The van der Waals surface area contributed by atoms with E-state index in [1.807, 2.05) is 5.32 Å². The molecule has 0 aliphatic carbocycles. The number of aliphatic hydroxyl groups is 3. The van der Waals surface area contributed by atoms with E-state index in [9.17, 15) is 19.8 Å². The van der Waals surface area contributed by atoms with Crippen molar-refractivity contribution in [2.24, 2.45) is 0 Å². The summed E-state index contributed by atoms with van der Waals surface area (Å²) in [6.07, 6.45) is -2.28. The minimum absolute atomic E-state index is 0.128. The summed E-state index contributed by atoms with van der Waals surface area (Å²) in [5.41, 5.74) is -1.69. The Bertz CT molecular complexity index is 371. The zero-order valence-electron chi connectivity index (χ0n) is 9.87. The molecule has 18 heavy (non-hydrogen) atoms. The number of urea groups is 1. The standard InChI is InChI=1S/C10H16N2O6/c1-10(17)4-12(9(16)11-8(10)15)7-2-5(14)6(3-13)18-7/h5-7,13-14,17H,2-4H2,1H3,(H,11,15,16)/t5-,6+,7+,10+/m0/s1. The minimum atomic E-state index is -1.69. The number of nitrogens with one attached hydrogen (secondary N) is 1. The van der Waals surface area contributed by atoms with E-state index in [2.05, 4.69) is 0 Å². The van der Waals surface area contributed by atoms with Crippen LogP contribution >= 0.6 is 0 Å². The van der Waals surface area contributed by atoms with Crippen molar-refractivity contribution >= 4 is 11.9 Å². The first kappa shape index (κ1) is 13.2. The van der Waals surface area contributed by atoms with Crippen LogP contribution in [0.1, 0.15) is 13.3 Å². The van der Waals surface area contributed by atoms with Crippen LogP contribution in [0.25, 0.3) is 0 Å². The third kappa shape index (κ3) is 2.19. The monoisotopic (exact) mass is 260 g/mol. The Labute approximate surface area is 103 Å². The van der Waals surface area contributed by atoms with Gasteiger partial charge in [-0.25, -0.2) is 4.79 Å². The lowest BCUT2D eigenvalue weighted by molar-refractivity contribution is -0.147. The molecular weight excluding hydrogens is 244 g/mol. The molecule has 2 rings (SSSR count). The number of carbonyl (C=O) groups is 2. The molecule has 0 bridgehead atoms. The highest BCUT2D eigenvalue weighted by atomic mass is 16.5. The molecule has 4 atom stereocenters. The summed E-state index contributed by atoms with van der Waals surface area (Å²) in [4.78, 5) is 24.1. The van der Waals surface area contributed by atoms with Crippen LogP contribution in [0.2, 0.25) is 0 Å². The number of nitrogens with zero attached hydrogens (tertiary/aromatic N) is 1. The van der Waals surface area contributed by atoms with E-state index >= 15 is 0 Å². The van der Waals surface area contributed by atoms with Gasteiger partial charge in [0, 0.05) is 6.42 Å². The average Bonchev–Trinajstić information content (AvgIpc) is 2.65. The number of rotatable bonds is 2. The van der Waals surface area contributed by atoms with Gasteiger partial charge in [0.1, 0.15) is 12.3 Å². The lowest BCUT2D eigenvalue weighted by Crippen LogP contribution is -2.65. The van der Waals surface area contributed by atoms with E-state index in [0.717, 1.165) is 4.90 Å². The van der Waals surface area contributed by atoms with Crippen LogP contribution in [0, 0.1) is 0 Å². The molecule has 0 aromatic rings. The molecule has 0 aromatic heterocycles. The summed E-state index contributed by atoms with van der Waals surface area (Å²) in [5.74, 6) is -0.763. The van der Waals surface area contributed by atoms with Crippen LogP contribution in [0.5, 0.6) is 0 Å². The molecule has 2 fully saturated rings. The lowest BCUT2D eigenvalue weighted by Gasteiger charge is -2.38. The third-order valence-electron chi connectivity index (χ3n) is 3.18. The van der Waals surface area contributed by atoms with E-state index in [1.165, 1.54) is 6.92 Å². The van der Waals surface area contributed by atoms with Crippen LogP contribution in [0.4, 0.5) is 4.79 Å². The first-order valence-electron chi connectivity index (χ1n) is 5.64. The number of amides is 3. The SMILES string of the molecule is C[C@@]1(O)CN([C@H]2C[C@H](O)[C@@H](CO)O2)C(=O)NC1=O. The number of aliphatic hydroxyl groups excluding tert-OH is 2. The van der Waals surface area contributed by atoms with Crippen molar-refractivity contribution in [2.45, 2.75) is 37.4 Å². The molecule has 2 heterocycles. The summed E-state index contributed by atoms with van der Waals surface area (Å²) in [7, 11) is 0. The van der Waals surface area contributed by atoms with E-state index in [1.54, 1.807) is 0 Å². The summed E-state index contributed by atoms with van der Waals surface area (Å²) in [6.45, 7) is 0.715. The van der Waals surface area contributed by atoms with Gasteiger partial charge in [-0.1, -0.05) is 0 Å². The number of carbonyl (C=O) groups excluding carboxylic acids is 2. The molecule has 8 heteroatoms. The largest absolute Gasteiger partial charge is 0.394 e. The Balaban J connectivity index is 2.10. The number of hydrogen-bond acceptors (Lipinski definition) is 6. The summed E-state index contributed by atoms with van der Waals surface area (Å²) >= 11 is 0. The quantitative estimate of drug-likeness (QED) is 0.445. The normalized spacial score (nSPS) is 41.1. The van der Waals surface area contributed by atoms with Gasteiger partial charge < -0.3 is 20.1 Å². The predicted molar refractivity (Wildman–Crippen MR) is 57.2 cm³/mol. The Morgan fingerprint density at radius 2 is 2.22 bits per heavy atom. The summed E-state index contributed by atoms with van der Waals surface area (Å²) in [6, 6.07) is -0.678. The Hall–Kier alpha value is -1.22. The average molecular weight is 260 g/mol. The molecule has 0 spiro atoms. The second-order valence-electron chi connectivity index (χ2n) is 4.78. The number of β-amino-alcohol motifs (C(OH)–C–C–N with tert-alkyl or cyclic N) is 1. The smallest absolute Gasteiger partial charge is 0.326 e. The van der Waals surface area contributed by atoms with Gasteiger partial charge in [0.25, 0.3) is 5.91 Å². The first-order valence-corrected chi connectivity index (χ1v) is 5.64. The molecule has 2 saturated heterocycles. The van der Waals surface area contributed by atoms with Gasteiger partial charge in [0.05, 0.1) is 19.3 Å². The number of ether oxygens (including phenoxy) is 1. The fourth-order valence-electron chi connectivity index (χ4n) is 2.08. The first-order chi connectivity index (χ1) is 8.35. The molecule has 4 N–H and O–H groups in total. The van der Waals surface area contributed by atoms with Crippen LogP contribution < -0.4 is 5.32 Å². The molecule has 0 saturated carbocycles. The summed E-state index contributed by atoms with van der Waals surface area (Å²) in [5, 5.41) is 30.4. The predicted octanol–water partition coefficient (Wildman–Crippen LogP) is -2.24. The lowest BCUT2D eigenvalue weighted by atomic mass is 10.0. The van der Waals surface area contributed by atoms with Crippen molar-refractivity contribution in [3.05, 3.63) is 0 Å². The van der Waals surface area contributed by atoms with E-state index in [4.69, 9.17) is 9.84 Å². The highest BCUT2D eigenvalue weighted by molar-refractivity contribution is 6.01. The second kappa shape index (κ2) is 4.47. The van der Waals surface area contributed by atoms with Crippen molar-refractivity contribution in [1.82, 2.24) is 10.2 Å². The number of hydrogen-bond donors (Lipinski definition) is 4. The molecule has 0 unspecified atom stereocenters. The van der Waals surface area contributed by atoms with Crippen molar-refractivity contribution in [3.8, 4) is 0 Å². The molecule has 3 amide bonds. The van der Waals surface area contributed by atoms with Gasteiger partial charge in [-0.3, -0.25) is 15.0 Å². The fraction of sp³-hybridized carbons (Fsp3) is 0.800. The van der Waals surface area contributed by atoms with Crippen LogP contribution in [-0.2, 0) is 9.53 Å². The fourth-order valence-corrected chi connectivity index (χ4v) is 2.08. The molecule has 0 radical (unpaired) electrons. The van der Waals surface area contributed by atoms with Gasteiger partial charge in [0.15, 0.2) is 5.60 Å². The zero-order chi connectivity index (χ0) is 13.5. The summed E-state index contributed by atoms with van der Waals surface area (Å²) < 4.78 is 5.30. The van der Waals surface area contributed by atoms with Crippen LogP contribution in [-0.4, -0.2) is 69.3 Å². The maximum absolute atomic E-state index is 11.6. The Morgan fingerprint density at radius 1 is 1.56 bits per heavy atom. The topological polar surface area (TPSA) is 119 Å². The third-order valence-corrected chi connectivity index (χ3v) is 3.18. The maximum Gasteiger partial charge on any atom is 0.326 e. The zero-order valence-corrected chi connectivity index (χ0v) is 9.87. The van der Waals surface area contributed by atoms with E-state index < -0.39 is 36.0 Å². The van der Waals surface area contributed by atoms with Crippen LogP contribution in [0.3, 0.4) is 0 Å². The van der Waals surface area contributed by atoms with Gasteiger partial charge in [-0.05, 0) is 6.92 Å². The molecular formula is C10H16N2O6. The van der Waals surface area contributed by atoms with Crippen molar-refractivity contribution in [1.29, 1.82) is 0 Å². The molecule has 102 valence electrons. The minimum Gasteiger partial charge on any atom is -0.394 e. The highest BCUT2D eigenvalue weighted by Crippen LogP contribution is 2.26. The van der Waals surface area contributed by atoms with Crippen molar-refractivity contribution in [3.63, 3.8) is 0 Å². The van der Waals surface area contributed by atoms with Gasteiger partial charge in [-0.15, -0.1) is 0 Å². The van der Waals surface area contributed by atoms with Gasteiger partial charge in [0.2, 0.25) is 0 Å². The molecule has 8 nitrogen and oxygen atoms in total. The van der Waals surface area contributed by atoms with Gasteiger partial charge in [-0.2, -0.15) is 0 Å². The Morgan fingerprint density at radius 3 is 2.78 bits per heavy atom. The van der Waals surface area contributed by atoms with E-state index in [0.29, 0.717) is 0 Å². The second-order valence-corrected chi connectivity index (χ2v) is 4.78. The highest BCUT2D eigenvalue weighted by Gasteiger charge is 2.46. The molecule has 2 aliphatic heterocycles. The molecule has 2 aliphatic rings. The Kier molecular flexibility index (Phi) is 3.28.